The van der Waals surface area contributed by atoms with Crippen LogP contribution in [0.3, 0.4) is 0 Å². The summed E-state index contributed by atoms with van der Waals surface area (Å²) in [6.07, 6.45) is 0. The molecule has 0 bridgehead atoms. The Labute approximate surface area is 542 Å². The average molecular weight is 1180 g/mol. The quantitative estimate of drug-likeness (QED) is 0.165. The van der Waals surface area contributed by atoms with Crippen LogP contribution in [0.15, 0.2) is 291 Å². The summed E-state index contributed by atoms with van der Waals surface area (Å²) in [5.74, 6) is 0. The lowest BCUT2D eigenvalue weighted by Gasteiger charge is -2.03. The van der Waals surface area contributed by atoms with Gasteiger partial charge >= 0.3 is 0 Å². The van der Waals surface area contributed by atoms with E-state index >= 15 is 0 Å². The normalized spacial score (nSPS) is 10.0. The molecule has 0 amide bonds. The topological polar surface area (TPSA) is 0 Å². The monoisotopic (exact) mass is 1180 g/mol. The molecule has 0 radical (unpaired) electrons. The summed E-state index contributed by atoms with van der Waals surface area (Å²) in [7, 11) is 0. The van der Waals surface area contributed by atoms with E-state index in [0.717, 1.165) is 0 Å². The van der Waals surface area contributed by atoms with Gasteiger partial charge in [0.1, 0.15) is 0 Å². The highest BCUT2D eigenvalue weighted by Crippen LogP contribution is 2.25. The minimum atomic E-state index is 1.29. The van der Waals surface area contributed by atoms with Gasteiger partial charge in [0.25, 0.3) is 0 Å². The lowest BCUT2D eigenvalue weighted by atomic mass is 10.0. The van der Waals surface area contributed by atoms with Gasteiger partial charge in [-0.2, -0.15) is 0 Å². The van der Waals surface area contributed by atoms with Gasteiger partial charge < -0.3 is 0 Å². The second-order valence-corrected chi connectivity index (χ2v) is 24.2. The Kier molecular flexibility index (Phi) is 27.8. The van der Waals surface area contributed by atoms with Crippen molar-refractivity contribution < 1.29 is 0 Å². The van der Waals surface area contributed by atoms with E-state index in [1.54, 1.807) is 0 Å². The molecule has 0 fully saturated rings. The molecular weight excluding hydrogens is 1080 g/mol. The van der Waals surface area contributed by atoms with Gasteiger partial charge in [0.15, 0.2) is 0 Å². The molecule has 0 unspecified atom stereocenters. The average Bonchev–Trinajstić information content (AvgIpc) is 3.19. The summed E-state index contributed by atoms with van der Waals surface area (Å²) in [5, 5.41) is 5.41. The van der Waals surface area contributed by atoms with Crippen molar-refractivity contribution in [3.8, 4) is 33.4 Å². The summed E-state index contributed by atoms with van der Waals surface area (Å²) in [4.78, 5) is 0. The molecule has 0 heterocycles. The predicted octanol–water partition coefficient (Wildman–Crippen LogP) is 25.7. The van der Waals surface area contributed by atoms with E-state index in [-0.39, 0.29) is 0 Å². The number of aryl methyl sites for hydroxylation is 16. The third kappa shape index (κ3) is 24.2. The van der Waals surface area contributed by atoms with Gasteiger partial charge in [-0.05, 0) is 188 Å². The zero-order valence-corrected chi connectivity index (χ0v) is 56.7. The van der Waals surface area contributed by atoms with E-state index in [0.29, 0.717) is 0 Å². The molecule has 0 aliphatic rings. The third-order valence-corrected chi connectivity index (χ3v) is 15.5. The van der Waals surface area contributed by atoms with Gasteiger partial charge in [-0.15, -0.1) is 0 Å². The van der Waals surface area contributed by atoms with Crippen molar-refractivity contribution in [2.45, 2.75) is 111 Å². The zero-order valence-electron chi connectivity index (χ0n) is 56.7. The fourth-order valence-electron chi connectivity index (χ4n) is 9.90. The van der Waals surface area contributed by atoms with E-state index in [1.165, 1.54) is 144 Å². The van der Waals surface area contributed by atoms with Gasteiger partial charge in [-0.25, -0.2) is 0 Å². The van der Waals surface area contributed by atoms with Crippen molar-refractivity contribution in [3.63, 3.8) is 0 Å². The smallest absolute Gasteiger partial charge is 0.0152 e. The lowest BCUT2D eigenvalue weighted by Crippen LogP contribution is -1.80. The summed E-state index contributed by atoms with van der Waals surface area (Å²) in [5.41, 5.74) is 29.0. The molecule has 0 heteroatoms. The van der Waals surface area contributed by atoms with E-state index in [9.17, 15) is 0 Å². The van der Waals surface area contributed by atoms with Crippen molar-refractivity contribution in [2.24, 2.45) is 0 Å². The molecular formula is C90H96. The maximum absolute atomic E-state index is 2.22. The first-order chi connectivity index (χ1) is 43.2. The largest absolute Gasteiger partial charge is 0.0620 e. The first-order valence-corrected chi connectivity index (χ1v) is 31.6. The number of rotatable bonds is 3. The van der Waals surface area contributed by atoms with Gasteiger partial charge in [-0.3, -0.25) is 0 Å². The van der Waals surface area contributed by atoms with Crippen LogP contribution in [0.5, 0.6) is 0 Å². The maximum Gasteiger partial charge on any atom is -0.0152 e. The summed E-state index contributed by atoms with van der Waals surface area (Å²) in [6, 6.07) is 103. The molecule has 0 nitrogen and oxygen atoms in total. The number of fused-ring (bicyclic) bond motifs is 2. The van der Waals surface area contributed by atoms with Crippen LogP contribution in [0.4, 0.5) is 0 Å². The molecule has 0 atom stereocenters. The van der Waals surface area contributed by atoms with Crippen molar-refractivity contribution in [1.82, 2.24) is 0 Å². The standard InChI is InChI=1S/3C14H14.2C12H12.3C8H10/c1-11-3-7-13(8-4-11)14-9-5-12(2)6-10-14;1-11-5-3-7-13(9-11)14-8-4-6-12(2)10-14;1-11-6-8-13(9-7-11)14-5-3-4-12(2)10-14;1-9-3-5-12-8-10(2)4-6-11(12)7-9;1-9-7-8-10(2)12-6-4-3-5-11(9)12;1-7-3-5-8(2)6-4-7;1-7-4-3-5-8(2)6-7;1-7-5-3-4-6-8(7)2/h3*3-10H,1-2H3;2*3-8H,1-2H3;3*3-6H,1-2H3. The fourth-order valence-corrected chi connectivity index (χ4v) is 9.90. The second-order valence-electron chi connectivity index (χ2n) is 24.2. The molecule has 0 aliphatic heterocycles. The van der Waals surface area contributed by atoms with Gasteiger partial charge in [0.05, 0.1) is 0 Å². The first-order valence-electron chi connectivity index (χ1n) is 31.6. The Hall–Kier alpha value is -9.62. The Bertz CT molecular complexity index is 4020. The molecule has 0 aliphatic carbocycles. The molecule has 456 valence electrons. The Balaban J connectivity index is 0.000000165. The van der Waals surface area contributed by atoms with Gasteiger partial charge in [0.2, 0.25) is 0 Å². The predicted molar refractivity (Wildman–Crippen MR) is 399 cm³/mol. The number of hydrogen-bond acceptors (Lipinski definition) is 0. The molecule has 0 aromatic heterocycles. The summed E-state index contributed by atoms with van der Waals surface area (Å²) < 4.78 is 0. The van der Waals surface area contributed by atoms with E-state index in [1.807, 2.05) is 0 Å². The highest BCUT2D eigenvalue weighted by atomic mass is 14.1. The third-order valence-electron chi connectivity index (χ3n) is 15.5. The Morgan fingerprint density at radius 1 is 0.133 bits per heavy atom. The molecule has 0 saturated heterocycles. The molecule has 13 aromatic rings. The lowest BCUT2D eigenvalue weighted by molar-refractivity contribution is 1.34. The highest BCUT2D eigenvalue weighted by Gasteiger charge is 2.01. The molecule has 0 saturated carbocycles. The maximum atomic E-state index is 2.22. The van der Waals surface area contributed by atoms with Crippen molar-refractivity contribution in [1.29, 1.82) is 0 Å². The van der Waals surface area contributed by atoms with Crippen LogP contribution in [0.1, 0.15) is 89.0 Å². The summed E-state index contributed by atoms with van der Waals surface area (Å²) >= 11 is 0. The van der Waals surface area contributed by atoms with Crippen molar-refractivity contribution >= 4 is 21.5 Å². The Morgan fingerprint density at radius 2 is 0.367 bits per heavy atom. The molecule has 90 heavy (non-hydrogen) atoms. The molecule has 13 rings (SSSR count). The van der Waals surface area contributed by atoms with Crippen molar-refractivity contribution in [3.05, 3.63) is 380 Å². The minimum absolute atomic E-state index is 1.29. The van der Waals surface area contributed by atoms with Crippen LogP contribution in [0, 0.1) is 111 Å². The second kappa shape index (κ2) is 36.0. The highest BCUT2D eigenvalue weighted by molar-refractivity contribution is 5.88. The Morgan fingerprint density at radius 3 is 0.644 bits per heavy atom. The number of benzene rings is 13. The molecule has 13 aromatic carbocycles. The van der Waals surface area contributed by atoms with Crippen LogP contribution in [0.25, 0.3) is 54.9 Å². The van der Waals surface area contributed by atoms with E-state index in [4.69, 9.17) is 0 Å². The summed E-state index contributed by atoms with van der Waals surface area (Å²) in [6.45, 7) is 33.9. The minimum Gasteiger partial charge on any atom is -0.0620 e. The van der Waals surface area contributed by atoms with Crippen LogP contribution < -0.4 is 0 Å². The first kappa shape index (κ1) is 69.5. The van der Waals surface area contributed by atoms with Crippen LogP contribution >= 0.6 is 0 Å². The van der Waals surface area contributed by atoms with Crippen molar-refractivity contribution in [2.75, 3.05) is 0 Å². The van der Waals surface area contributed by atoms with Crippen LogP contribution in [0.2, 0.25) is 0 Å². The zero-order chi connectivity index (χ0) is 65.0. The van der Waals surface area contributed by atoms with Crippen LogP contribution in [-0.4, -0.2) is 0 Å². The van der Waals surface area contributed by atoms with E-state index < -0.39 is 0 Å². The molecule has 0 spiro atoms. The van der Waals surface area contributed by atoms with Gasteiger partial charge in [-0.1, -0.05) is 358 Å². The SMILES string of the molecule is Cc1ccc(-c2ccc(C)cc2)cc1.Cc1ccc(-c2cccc(C)c2)cc1.Cc1ccc(C)c2ccccc12.Cc1ccc(C)cc1.Cc1ccc2cc(C)ccc2c1.Cc1cccc(-c2cccc(C)c2)c1.Cc1cccc(C)c1.Cc1ccccc1C. The molecule has 0 N–H and O–H groups in total. The fraction of sp³-hybridized carbons (Fsp3) is 0.178. The van der Waals surface area contributed by atoms with E-state index in [2.05, 4.69) is 402 Å². The van der Waals surface area contributed by atoms with Crippen LogP contribution in [-0.2, 0) is 0 Å². The van der Waals surface area contributed by atoms with Gasteiger partial charge in [0, 0.05) is 0 Å². The number of hydrogen-bond donors (Lipinski definition) is 0.